The standard InChI is InChI=1S/C31H41N3O4/c1-19(2)17-29(36)33-15-13-23(14-16-33)21(4)34-22(5)30(24-9-7-8-10-26(24)34)27(35)12-11-25-28(38-6)18-20(3)32-31(25)37/h7-10,18-19,21,23H,11-17H2,1-6H3,(H,32,37)/t21-/m1/s1. The van der Waals surface area contributed by atoms with E-state index in [2.05, 4.69) is 36.4 Å². The molecule has 1 fully saturated rings. The average molecular weight is 520 g/mol. The van der Waals surface area contributed by atoms with Gasteiger partial charge in [-0.15, -0.1) is 0 Å². The first-order valence-electron chi connectivity index (χ1n) is 13.8. The molecule has 0 bridgehead atoms. The number of benzene rings is 1. The number of rotatable bonds is 9. The molecule has 3 aromatic rings. The Balaban J connectivity index is 1.56. The summed E-state index contributed by atoms with van der Waals surface area (Å²) < 4.78 is 7.74. The first-order chi connectivity index (χ1) is 18.1. The predicted octanol–water partition coefficient (Wildman–Crippen LogP) is 5.62. The summed E-state index contributed by atoms with van der Waals surface area (Å²) in [5, 5.41) is 0.955. The van der Waals surface area contributed by atoms with Gasteiger partial charge < -0.3 is 19.2 Å². The maximum atomic E-state index is 13.6. The van der Waals surface area contributed by atoms with Gasteiger partial charge in [-0.25, -0.2) is 0 Å². The second-order valence-electron chi connectivity index (χ2n) is 11.2. The maximum Gasteiger partial charge on any atom is 0.255 e. The van der Waals surface area contributed by atoms with E-state index in [4.69, 9.17) is 4.74 Å². The van der Waals surface area contributed by atoms with Crippen molar-refractivity contribution in [3.8, 4) is 5.75 Å². The molecule has 3 heterocycles. The molecule has 4 rings (SSSR count). The Kier molecular flexibility index (Phi) is 8.44. The van der Waals surface area contributed by atoms with E-state index in [1.54, 1.807) is 13.2 Å². The lowest BCUT2D eigenvalue weighted by molar-refractivity contribution is -0.133. The van der Waals surface area contributed by atoms with Crippen LogP contribution in [0.1, 0.15) is 79.8 Å². The summed E-state index contributed by atoms with van der Waals surface area (Å²) in [6, 6.07) is 10.1. The molecule has 1 aromatic carbocycles. The summed E-state index contributed by atoms with van der Waals surface area (Å²) in [5.74, 6) is 1.59. The molecule has 1 amide bonds. The van der Waals surface area contributed by atoms with Crippen LogP contribution >= 0.6 is 0 Å². The number of piperidine rings is 1. The molecule has 7 heteroatoms. The zero-order chi connectivity index (χ0) is 27.6. The topological polar surface area (TPSA) is 84.4 Å². The van der Waals surface area contributed by atoms with Crippen molar-refractivity contribution in [2.24, 2.45) is 11.8 Å². The Morgan fingerprint density at radius 2 is 1.79 bits per heavy atom. The highest BCUT2D eigenvalue weighted by atomic mass is 16.5. The number of Topliss-reactive ketones (excluding diaryl/α,β-unsaturated/α-hetero) is 1. The summed E-state index contributed by atoms with van der Waals surface area (Å²) in [6.45, 7) is 11.8. The number of ether oxygens (including phenoxy) is 1. The molecule has 1 N–H and O–H groups in total. The van der Waals surface area contributed by atoms with E-state index >= 15 is 0 Å². The van der Waals surface area contributed by atoms with Gasteiger partial charge in [0.05, 0.1) is 12.7 Å². The lowest BCUT2D eigenvalue weighted by atomic mass is 9.89. The number of carbonyl (C=O) groups is 2. The molecule has 0 unspecified atom stereocenters. The van der Waals surface area contributed by atoms with Crippen LogP contribution in [0.5, 0.6) is 5.75 Å². The molecule has 0 aliphatic carbocycles. The maximum absolute atomic E-state index is 13.6. The predicted molar refractivity (Wildman–Crippen MR) is 151 cm³/mol. The van der Waals surface area contributed by atoms with Gasteiger partial charge in [0.15, 0.2) is 5.78 Å². The van der Waals surface area contributed by atoms with Gasteiger partial charge in [0, 0.05) is 59.8 Å². The van der Waals surface area contributed by atoms with E-state index in [0.717, 1.165) is 53.8 Å². The Morgan fingerprint density at radius 3 is 2.45 bits per heavy atom. The summed E-state index contributed by atoms with van der Waals surface area (Å²) >= 11 is 0. The number of aryl methyl sites for hydroxylation is 1. The number of ketones is 1. The quantitative estimate of drug-likeness (QED) is 0.372. The SMILES string of the molecule is COc1cc(C)[nH]c(=O)c1CCC(=O)c1c(C)n([C@H](C)C2CCN(C(=O)CC(C)C)CC2)c2ccccc12. The van der Waals surface area contributed by atoms with Crippen molar-refractivity contribution in [2.45, 2.75) is 72.8 Å². The van der Waals surface area contributed by atoms with Crippen LogP contribution in [0.2, 0.25) is 0 Å². The minimum atomic E-state index is -0.208. The fraction of sp³-hybridized carbons (Fsp3) is 0.516. The fourth-order valence-corrected chi connectivity index (χ4v) is 6.06. The van der Waals surface area contributed by atoms with Crippen molar-refractivity contribution in [2.75, 3.05) is 20.2 Å². The van der Waals surface area contributed by atoms with Crippen molar-refractivity contribution >= 4 is 22.6 Å². The minimum absolute atomic E-state index is 0.0285. The first-order valence-corrected chi connectivity index (χ1v) is 13.8. The number of fused-ring (bicyclic) bond motifs is 1. The number of H-pyrrole nitrogens is 1. The van der Waals surface area contributed by atoms with Crippen molar-refractivity contribution in [1.29, 1.82) is 0 Å². The molecule has 1 saturated heterocycles. The fourth-order valence-electron chi connectivity index (χ4n) is 6.06. The smallest absolute Gasteiger partial charge is 0.255 e. The third kappa shape index (κ3) is 5.57. The van der Waals surface area contributed by atoms with Gasteiger partial charge in [-0.2, -0.15) is 0 Å². The van der Waals surface area contributed by atoms with Crippen LogP contribution in [0.25, 0.3) is 10.9 Å². The zero-order valence-electron chi connectivity index (χ0n) is 23.6. The van der Waals surface area contributed by atoms with E-state index in [1.807, 2.05) is 36.9 Å². The van der Waals surface area contributed by atoms with E-state index < -0.39 is 0 Å². The number of pyridine rings is 1. The normalized spacial score (nSPS) is 15.3. The summed E-state index contributed by atoms with van der Waals surface area (Å²) in [6.07, 6.45) is 3.05. The third-order valence-corrected chi connectivity index (χ3v) is 8.05. The lowest BCUT2D eigenvalue weighted by Crippen LogP contribution is -2.40. The minimum Gasteiger partial charge on any atom is -0.496 e. The second kappa shape index (κ2) is 11.6. The number of para-hydroxylation sites is 1. The van der Waals surface area contributed by atoms with Crippen molar-refractivity contribution in [3.05, 3.63) is 63.2 Å². The monoisotopic (exact) mass is 519 g/mol. The highest BCUT2D eigenvalue weighted by Gasteiger charge is 2.30. The molecule has 0 saturated carbocycles. The number of hydrogen-bond donors (Lipinski definition) is 1. The van der Waals surface area contributed by atoms with Gasteiger partial charge in [0.2, 0.25) is 5.91 Å². The molecule has 2 aromatic heterocycles. The number of carbonyl (C=O) groups excluding carboxylic acids is 2. The number of hydrogen-bond acceptors (Lipinski definition) is 4. The van der Waals surface area contributed by atoms with E-state index in [1.165, 1.54) is 0 Å². The molecule has 7 nitrogen and oxygen atoms in total. The third-order valence-electron chi connectivity index (χ3n) is 8.05. The Hall–Kier alpha value is -3.35. The Labute approximate surface area is 225 Å². The van der Waals surface area contributed by atoms with Crippen molar-refractivity contribution in [1.82, 2.24) is 14.5 Å². The number of aromatic amines is 1. The number of methoxy groups -OCH3 is 1. The summed E-state index contributed by atoms with van der Waals surface area (Å²) in [4.78, 5) is 43.6. The largest absolute Gasteiger partial charge is 0.496 e. The van der Waals surface area contributed by atoms with Crippen LogP contribution in [-0.4, -0.2) is 46.3 Å². The van der Waals surface area contributed by atoms with Crippen LogP contribution in [-0.2, 0) is 11.2 Å². The number of amides is 1. The molecule has 1 aliphatic heterocycles. The van der Waals surface area contributed by atoms with E-state index in [-0.39, 0.29) is 29.7 Å². The van der Waals surface area contributed by atoms with Gasteiger partial charge in [0.25, 0.3) is 5.56 Å². The summed E-state index contributed by atoms with van der Waals surface area (Å²) in [5.41, 5.74) is 3.78. The van der Waals surface area contributed by atoms with E-state index in [0.29, 0.717) is 36.0 Å². The first kappa shape index (κ1) is 27.7. The highest BCUT2D eigenvalue weighted by molar-refractivity contribution is 6.09. The number of aromatic nitrogens is 2. The lowest BCUT2D eigenvalue weighted by Gasteiger charge is -2.36. The molecule has 0 spiro atoms. The molecule has 1 aliphatic rings. The number of nitrogens with zero attached hydrogens (tertiary/aromatic N) is 2. The van der Waals surface area contributed by atoms with Crippen LogP contribution < -0.4 is 10.3 Å². The Bertz CT molecular complexity index is 1380. The number of nitrogens with one attached hydrogen (secondary N) is 1. The van der Waals surface area contributed by atoms with Crippen LogP contribution in [0.15, 0.2) is 35.1 Å². The van der Waals surface area contributed by atoms with Crippen LogP contribution in [0.3, 0.4) is 0 Å². The molecular weight excluding hydrogens is 478 g/mol. The second-order valence-corrected chi connectivity index (χ2v) is 11.2. The van der Waals surface area contributed by atoms with Gasteiger partial charge >= 0.3 is 0 Å². The molecule has 204 valence electrons. The van der Waals surface area contributed by atoms with Gasteiger partial charge in [-0.1, -0.05) is 32.0 Å². The number of likely N-dealkylation sites (tertiary alicyclic amines) is 1. The molecule has 38 heavy (non-hydrogen) atoms. The average Bonchev–Trinajstić information content (AvgIpc) is 3.18. The van der Waals surface area contributed by atoms with E-state index in [9.17, 15) is 14.4 Å². The van der Waals surface area contributed by atoms with Gasteiger partial charge in [0.1, 0.15) is 5.75 Å². The summed E-state index contributed by atoms with van der Waals surface area (Å²) in [7, 11) is 1.55. The highest BCUT2D eigenvalue weighted by Crippen LogP contribution is 2.36. The van der Waals surface area contributed by atoms with Crippen LogP contribution in [0, 0.1) is 25.7 Å². The zero-order valence-corrected chi connectivity index (χ0v) is 23.6. The molecular formula is C31H41N3O4. The van der Waals surface area contributed by atoms with Crippen molar-refractivity contribution in [3.63, 3.8) is 0 Å². The molecule has 1 atom stereocenters. The Morgan fingerprint density at radius 1 is 1.11 bits per heavy atom. The van der Waals surface area contributed by atoms with Gasteiger partial charge in [-0.3, -0.25) is 14.4 Å². The van der Waals surface area contributed by atoms with Crippen LogP contribution in [0.4, 0.5) is 0 Å². The van der Waals surface area contributed by atoms with Gasteiger partial charge in [-0.05, 0) is 64.0 Å². The van der Waals surface area contributed by atoms with Crippen molar-refractivity contribution < 1.29 is 14.3 Å². The molecule has 0 radical (unpaired) electrons.